The highest BCUT2D eigenvalue weighted by atomic mass is 16.5. The standard InChI is InChI=1S/C12H19NO4/c1-9-8-11(17-10(9)2)12(15)13-4-3-6-16-7-5-14/h8,14H,3-7H2,1-2H3,(H,13,15). The van der Waals surface area contributed by atoms with Crippen LogP contribution < -0.4 is 5.32 Å². The smallest absolute Gasteiger partial charge is 0.287 e. The number of hydrogen-bond donors (Lipinski definition) is 2. The van der Waals surface area contributed by atoms with E-state index in [1.54, 1.807) is 6.07 Å². The van der Waals surface area contributed by atoms with Crippen LogP contribution in [0.25, 0.3) is 0 Å². The van der Waals surface area contributed by atoms with Crippen LogP contribution >= 0.6 is 0 Å². The van der Waals surface area contributed by atoms with Gasteiger partial charge in [-0.15, -0.1) is 0 Å². The van der Waals surface area contributed by atoms with Crippen LogP contribution in [0.5, 0.6) is 0 Å². The van der Waals surface area contributed by atoms with Gasteiger partial charge in [-0.2, -0.15) is 0 Å². The molecule has 17 heavy (non-hydrogen) atoms. The molecule has 1 amide bonds. The number of rotatable bonds is 7. The Balaban J connectivity index is 2.21. The molecule has 0 spiro atoms. The van der Waals surface area contributed by atoms with E-state index in [0.29, 0.717) is 31.9 Å². The van der Waals surface area contributed by atoms with Gasteiger partial charge in [0, 0.05) is 13.2 Å². The molecule has 96 valence electrons. The molecule has 0 unspecified atom stereocenters. The zero-order chi connectivity index (χ0) is 12.7. The average molecular weight is 241 g/mol. The van der Waals surface area contributed by atoms with Gasteiger partial charge in [-0.1, -0.05) is 0 Å². The normalized spacial score (nSPS) is 10.5. The minimum atomic E-state index is -0.205. The maximum Gasteiger partial charge on any atom is 0.287 e. The topological polar surface area (TPSA) is 71.7 Å². The molecule has 0 atom stereocenters. The lowest BCUT2D eigenvalue weighted by Crippen LogP contribution is -2.25. The molecule has 5 heteroatoms. The molecule has 0 aliphatic heterocycles. The molecule has 0 saturated heterocycles. The highest BCUT2D eigenvalue weighted by Gasteiger charge is 2.11. The van der Waals surface area contributed by atoms with Crippen LogP contribution in [0.1, 0.15) is 28.3 Å². The van der Waals surface area contributed by atoms with Crippen molar-refractivity contribution in [3.8, 4) is 0 Å². The zero-order valence-corrected chi connectivity index (χ0v) is 10.3. The predicted octanol–water partition coefficient (Wildman–Crippen LogP) is 1.03. The number of carbonyl (C=O) groups excluding carboxylic acids is 1. The summed E-state index contributed by atoms with van der Waals surface area (Å²) in [6.07, 6.45) is 0.713. The number of aryl methyl sites for hydroxylation is 2. The fourth-order valence-corrected chi connectivity index (χ4v) is 1.31. The third-order valence-electron chi connectivity index (χ3n) is 2.38. The van der Waals surface area contributed by atoms with Gasteiger partial charge >= 0.3 is 0 Å². The first-order chi connectivity index (χ1) is 8.15. The van der Waals surface area contributed by atoms with Crippen LogP contribution in [0, 0.1) is 13.8 Å². The van der Waals surface area contributed by atoms with E-state index in [-0.39, 0.29) is 12.5 Å². The van der Waals surface area contributed by atoms with Crippen LogP contribution in [0.3, 0.4) is 0 Å². The van der Waals surface area contributed by atoms with E-state index in [0.717, 1.165) is 11.3 Å². The number of nitrogens with one attached hydrogen (secondary N) is 1. The Morgan fingerprint density at radius 1 is 1.47 bits per heavy atom. The average Bonchev–Trinajstić information content (AvgIpc) is 2.64. The lowest BCUT2D eigenvalue weighted by Gasteiger charge is -2.03. The molecule has 0 fully saturated rings. The number of furan rings is 1. The number of amides is 1. The first-order valence-electron chi connectivity index (χ1n) is 5.69. The fraction of sp³-hybridized carbons (Fsp3) is 0.583. The van der Waals surface area contributed by atoms with Crippen molar-refractivity contribution in [2.75, 3.05) is 26.4 Å². The number of carbonyl (C=O) groups is 1. The van der Waals surface area contributed by atoms with E-state index in [1.165, 1.54) is 0 Å². The Morgan fingerprint density at radius 2 is 2.24 bits per heavy atom. The Labute approximate surface area is 101 Å². The fourth-order valence-electron chi connectivity index (χ4n) is 1.31. The third-order valence-corrected chi connectivity index (χ3v) is 2.38. The first-order valence-corrected chi connectivity index (χ1v) is 5.69. The molecule has 2 N–H and O–H groups in total. The van der Waals surface area contributed by atoms with Gasteiger partial charge in [0.1, 0.15) is 5.76 Å². The number of aliphatic hydroxyl groups is 1. The molecule has 1 heterocycles. The Bertz CT molecular complexity index is 340. The number of hydrogen-bond acceptors (Lipinski definition) is 4. The molecule has 0 aliphatic rings. The maximum absolute atomic E-state index is 11.6. The van der Waals surface area contributed by atoms with Gasteiger partial charge in [0.15, 0.2) is 5.76 Å². The van der Waals surface area contributed by atoms with Crippen LogP contribution in [0.2, 0.25) is 0 Å². The minimum absolute atomic E-state index is 0.0251. The van der Waals surface area contributed by atoms with E-state index >= 15 is 0 Å². The Kier molecular flexibility index (Phi) is 5.72. The maximum atomic E-state index is 11.6. The minimum Gasteiger partial charge on any atom is -0.456 e. The van der Waals surface area contributed by atoms with E-state index in [4.69, 9.17) is 14.3 Å². The SMILES string of the molecule is Cc1cc(C(=O)NCCCOCCO)oc1C. The second kappa shape index (κ2) is 7.09. The molecule has 1 aromatic heterocycles. The van der Waals surface area contributed by atoms with Crippen molar-refractivity contribution < 1.29 is 19.1 Å². The van der Waals surface area contributed by atoms with Crippen LogP contribution in [-0.4, -0.2) is 37.4 Å². The molecular formula is C12H19NO4. The second-order valence-electron chi connectivity index (χ2n) is 3.80. The van der Waals surface area contributed by atoms with Gasteiger partial charge in [0.05, 0.1) is 13.2 Å². The molecule has 0 aliphatic carbocycles. The second-order valence-corrected chi connectivity index (χ2v) is 3.80. The molecule has 0 bridgehead atoms. The monoisotopic (exact) mass is 241 g/mol. The van der Waals surface area contributed by atoms with Crippen molar-refractivity contribution in [2.45, 2.75) is 20.3 Å². The molecule has 1 rings (SSSR count). The van der Waals surface area contributed by atoms with E-state index in [1.807, 2.05) is 13.8 Å². The first kappa shape index (κ1) is 13.7. The van der Waals surface area contributed by atoms with Crippen molar-refractivity contribution in [3.05, 3.63) is 23.2 Å². The van der Waals surface area contributed by atoms with Crippen molar-refractivity contribution >= 4 is 5.91 Å². The summed E-state index contributed by atoms with van der Waals surface area (Å²) in [7, 11) is 0. The predicted molar refractivity (Wildman–Crippen MR) is 63.0 cm³/mol. The summed E-state index contributed by atoms with van der Waals surface area (Å²) < 4.78 is 10.4. The van der Waals surface area contributed by atoms with Gasteiger partial charge in [-0.3, -0.25) is 4.79 Å². The summed E-state index contributed by atoms with van der Waals surface area (Å²) in [4.78, 5) is 11.6. The Morgan fingerprint density at radius 3 is 2.82 bits per heavy atom. The molecule has 0 aromatic carbocycles. The van der Waals surface area contributed by atoms with Gasteiger partial charge in [-0.05, 0) is 31.9 Å². The quantitative estimate of drug-likeness (QED) is 0.699. The summed E-state index contributed by atoms with van der Waals surface area (Å²) in [6.45, 7) is 5.15. The van der Waals surface area contributed by atoms with Crippen molar-refractivity contribution in [1.82, 2.24) is 5.32 Å². The van der Waals surface area contributed by atoms with E-state index in [2.05, 4.69) is 5.32 Å². The Hall–Kier alpha value is -1.33. The van der Waals surface area contributed by atoms with E-state index in [9.17, 15) is 4.79 Å². The van der Waals surface area contributed by atoms with Crippen LogP contribution in [-0.2, 0) is 4.74 Å². The van der Waals surface area contributed by atoms with Crippen LogP contribution in [0.15, 0.2) is 10.5 Å². The van der Waals surface area contributed by atoms with Gasteiger partial charge < -0.3 is 19.6 Å². The number of ether oxygens (including phenoxy) is 1. The summed E-state index contributed by atoms with van der Waals surface area (Å²) in [5, 5.41) is 11.2. The molecule has 5 nitrogen and oxygen atoms in total. The van der Waals surface area contributed by atoms with E-state index < -0.39 is 0 Å². The lowest BCUT2D eigenvalue weighted by molar-refractivity contribution is 0.0855. The van der Waals surface area contributed by atoms with Crippen molar-refractivity contribution in [3.63, 3.8) is 0 Å². The lowest BCUT2D eigenvalue weighted by atomic mass is 10.3. The van der Waals surface area contributed by atoms with Crippen molar-refractivity contribution in [1.29, 1.82) is 0 Å². The highest BCUT2D eigenvalue weighted by molar-refractivity contribution is 5.91. The summed E-state index contributed by atoms with van der Waals surface area (Å²) in [5.41, 5.74) is 0.974. The zero-order valence-electron chi connectivity index (χ0n) is 10.3. The van der Waals surface area contributed by atoms with Crippen molar-refractivity contribution in [2.24, 2.45) is 0 Å². The highest BCUT2D eigenvalue weighted by Crippen LogP contribution is 2.12. The largest absolute Gasteiger partial charge is 0.456 e. The summed E-state index contributed by atoms with van der Waals surface area (Å²) >= 11 is 0. The summed E-state index contributed by atoms with van der Waals surface area (Å²) in [6, 6.07) is 1.73. The summed E-state index contributed by atoms with van der Waals surface area (Å²) in [5.74, 6) is 0.904. The van der Waals surface area contributed by atoms with Crippen LogP contribution in [0.4, 0.5) is 0 Å². The van der Waals surface area contributed by atoms with Gasteiger partial charge in [0.25, 0.3) is 5.91 Å². The third kappa shape index (κ3) is 4.58. The number of aliphatic hydroxyl groups excluding tert-OH is 1. The van der Waals surface area contributed by atoms with Gasteiger partial charge in [0.2, 0.25) is 0 Å². The molecule has 1 aromatic rings. The molecule has 0 radical (unpaired) electrons. The molecular weight excluding hydrogens is 222 g/mol. The van der Waals surface area contributed by atoms with Gasteiger partial charge in [-0.25, -0.2) is 0 Å². The molecule has 0 saturated carbocycles.